The molecule has 1 amide bonds. The Kier molecular flexibility index (Phi) is 6.10. The average Bonchev–Trinajstić information content (AvgIpc) is 2.70. The first-order chi connectivity index (χ1) is 13.1. The first-order valence-electron chi connectivity index (χ1n) is 8.72. The Hall–Kier alpha value is -3.28. The van der Waals surface area contributed by atoms with Gasteiger partial charge in [-0.1, -0.05) is 48.5 Å². The minimum absolute atomic E-state index is 0.263. The summed E-state index contributed by atoms with van der Waals surface area (Å²) in [5.41, 5.74) is 2.10. The van der Waals surface area contributed by atoms with Crippen LogP contribution >= 0.6 is 0 Å². The van der Waals surface area contributed by atoms with Crippen LogP contribution in [0.2, 0.25) is 0 Å². The number of hydrogen-bond donors (Lipinski definition) is 1. The van der Waals surface area contributed by atoms with E-state index in [-0.39, 0.29) is 11.7 Å². The molecule has 0 aliphatic heterocycles. The van der Waals surface area contributed by atoms with Crippen LogP contribution < -0.4 is 10.2 Å². The molecule has 0 bridgehead atoms. The largest absolute Gasteiger partial charge is 0.352 e. The molecule has 6 heteroatoms. The van der Waals surface area contributed by atoms with Crippen molar-refractivity contribution in [2.45, 2.75) is 13.0 Å². The Balaban J connectivity index is 1.53. The molecular formula is C21H21FN4O. The van der Waals surface area contributed by atoms with Crippen LogP contribution in [0.1, 0.15) is 21.5 Å². The van der Waals surface area contributed by atoms with Gasteiger partial charge >= 0.3 is 0 Å². The van der Waals surface area contributed by atoms with E-state index < -0.39 is 0 Å². The van der Waals surface area contributed by atoms with Crippen molar-refractivity contribution in [1.82, 2.24) is 15.3 Å². The van der Waals surface area contributed by atoms with Crippen LogP contribution in [0.4, 0.5) is 10.3 Å². The Morgan fingerprint density at radius 2 is 1.70 bits per heavy atom. The van der Waals surface area contributed by atoms with Gasteiger partial charge in [-0.25, -0.2) is 14.4 Å². The van der Waals surface area contributed by atoms with E-state index in [2.05, 4.69) is 15.3 Å². The predicted octanol–water partition coefficient (Wildman–Crippen LogP) is 3.22. The normalized spacial score (nSPS) is 10.4. The molecule has 0 aliphatic carbocycles. The number of nitrogens with zero attached hydrogens (tertiary/aromatic N) is 3. The summed E-state index contributed by atoms with van der Waals surface area (Å²) in [4.78, 5) is 22.6. The van der Waals surface area contributed by atoms with Gasteiger partial charge in [0, 0.05) is 32.5 Å². The Bertz CT molecular complexity index is 884. The minimum atomic E-state index is -0.274. The van der Waals surface area contributed by atoms with Gasteiger partial charge < -0.3 is 10.2 Å². The number of aromatic nitrogens is 2. The molecule has 0 radical (unpaired) electrons. The van der Waals surface area contributed by atoms with Crippen molar-refractivity contribution in [2.75, 3.05) is 18.5 Å². The first-order valence-corrected chi connectivity index (χ1v) is 8.72. The van der Waals surface area contributed by atoms with E-state index in [1.165, 1.54) is 18.5 Å². The monoisotopic (exact) mass is 364 g/mol. The van der Waals surface area contributed by atoms with Crippen LogP contribution in [0.25, 0.3) is 0 Å². The van der Waals surface area contributed by atoms with Gasteiger partial charge in [0.15, 0.2) is 0 Å². The molecule has 27 heavy (non-hydrogen) atoms. The number of hydrogen-bond acceptors (Lipinski definition) is 4. The van der Waals surface area contributed by atoms with E-state index in [1.54, 1.807) is 18.2 Å². The third-order valence-electron chi connectivity index (χ3n) is 4.14. The van der Waals surface area contributed by atoms with Crippen LogP contribution in [0.3, 0.4) is 0 Å². The van der Waals surface area contributed by atoms with Crippen molar-refractivity contribution in [3.05, 3.63) is 89.5 Å². The fourth-order valence-corrected chi connectivity index (χ4v) is 2.68. The molecule has 0 unspecified atom stereocenters. The van der Waals surface area contributed by atoms with Gasteiger partial charge in [0.05, 0.1) is 5.56 Å². The lowest BCUT2D eigenvalue weighted by molar-refractivity contribution is 0.0953. The van der Waals surface area contributed by atoms with Gasteiger partial charge in [-0.2, -0.15) is 0 Å². The number of amides is 1. The second-order valence-corrected chi connectivity index (χ2v) is 6.21. The van der Waals surface area contributed by atoms with Crippen molar-refractivity contribution < 1.29 is 9.18 Å². The summed E-state index contributed by atoms with van der Waals surface area (Å²) in [6.07, 6.45) is 3.43. The quantitative estimate of drug-likeness (QED) is 0.699. The van der Waals surface area contributed by atoms with E-state index in [1.807, 2.05) is 42.3 Å². The molecule has 1 heterocycles. The van der Waals surface area contributed by atoms with Crippen LogP contribution in [-0.2, 0) is 13.0 Å². The third kappa shape index (κ3) is 5.10. The van der Waals surface area contributed by atoms with E-state index in [0.29, 0.717) is 36.6 Å². The summed E-state index contributed by atoms with van der Waals surface area (Å²) in [5.74, 6) is 0.00579. The van der Waals surface area contributed by atoms with Crippen molar-refractivity contribution in [3.63, 3.8) is 0 Å². The van der Waals surface area contributed by atoms with Crippen molar-refractivity contribution in [1.29, 1.82) is 0 Å². The highest BCUT2D eigenvalue weighted by molar-refractivity contribution is 5.93. The van der Waals surface area contributed by atoms with Crippen molar-refractivity contribution >= 4 is 11.9 Å². The number of carbonyl (C=O) groups is 1. The summed E-state index contributed by atoms with van der Waals surface area (Å²) in [6, 6.07) is 16.6. The highest BCUT2D eigenvalue weighted by Gasteiger charge is 2.10. The number of carbonyl (C=O) groups excluding carboxylic acids is 1. The molecule has 5 nitrogen and oxygen atoms in total. The van der Waals surface area contributed by atoms with E-state index in [4.69, 9.17) is 0 Å². The molecule has 1 N–H and O–H groups in total. The molecule has 1 aromatic heterocycles. The summed E-state index contributed by atoms with van der Waals surface area (Å²) >= 11 is 0. The SMILES string of the molecule is CN(Cc1ccccc1)c1ncc(C(=O)NCCc2ccccc2F)cn1. The zero-order valence-electron chi connectivity index (χ0n) is 15.1. The van der Waals surface area contributed by atoms with Crippen molar-refractivity contribution in [2.24, 2.45) is 0 Å². The summed E-state index contributed by atoms with van der Waals surface area (Å²) in [6.45, 7) is 1.02. The third-order valence-corrected chi connectivity index (χ3v) is 4.14. The highest BCUT2D eigenvalue weighted by atomic mass is 19.1. The Labute approximate surface area is 157 Å². The van der Waals surface area contributed by atoms with E-state index in [9.17, 15) is 9.18 Å². The van der Waals surface area contributed by atoms with Gasteiger partial charge in [0.2, 0.25) is 5.95 Å². The molecule has 3 rings (SSSR count). The second kappa shape index (κ2) is 8.89. The van der Waals surface area contributed by atoms with Gasteiger partial charge in [-0.05, 0) is 23.6 Å². The summed E-state index contributed by atoms with van der Waals surface area (Å²) < 4.78 is 13.6. The summed E-state index contributed by atoms with van der Waals surface area (Å²) in [5, 5.41) is 2.76. The molecule has 0 saturated heterocycles. The lowest BCUT2D eigenvalue weighted by Crippen LogP contribution is -2.26. The molecule has 0 atom stereocenters. The van der Waals surface area contributed by atoms with E-state index in [0.717, 1.165) is 5.56 Å². The number of rotatable bonds is 7. The lowest BCUT2D eigenvalue weighted by atomic mass is 10.1. The molecular weight excluding hydrogens is 343 g/mol. The van der Waals surface area contributed by atoms with Crippen LogP contribution in [-0.4, -0.2) is 29.5 Å². The topological polar surface area (TPSA) is 58.1 Å². The number of anilines is 1. The molecule has 2 aromatic carbocycles. The van der Waals surface area contributed by atoms with Crippen LogP contribution in [0.15, 0.2) is 67.0 Å². The maximum Gasteiger partial charge on any atom is 0.254 e. The van der Waals surface area contributed by atoms with Gasteiger partial charge in [-0.15, -0.1) is 0 Å². The zero-order valence-corrected chi connectivity index (χ0v) is 15.1. The lowest BCUT2D eigenvalue weighted by Gasteiger charge is -2.17. The predicted molar refractivity (Wildman–Crippen MR) is 103 cm³/mol. The number of nitrogens with one attached hydrogen (secondary N) is 1. The first kappa shape index (κ1) is 18.5. The molecule has 0 aliphatic rings. The Morgan fingerprint density at radius 1 is 1.04 bits per heavy atom. The second-order valence-electron chi connectivity index (χ2n) is 6.21. The van der Waals surface area contributed by atoms with Gasteiger partial charge in [0.1, 0.15) is 5.82 Å². The zero-order chi connectivity index (χ0) is 19.1. The maximum absolute atomic E-state index is 13.6. The van der Waals surface area contributed by atoms with Crippen LogP contribution in [0, 0.1) is 5.82 Å². The molecule has 138 valence electrons. The standard InChI is InChI=1S/C21H21FN4O/c1-26(15-16-7-3-2-4-8-16)21-24-13-18(14-25-21)20(27)23-12-11-17-9-5-6-10-19(17)22/h2-10,13-14H,11-12,15H2,1H3,(H,23,27). The molecule has 3 aromatic rings. The fourth-order valence-electron chi connectivity index (χ4n) is 2.68. The maximum atomic E-state index is 13.6. The summed E-state index contributed by atoms with van der Waals surface area (Å²) in [7, 11) is 1.90. The number of benzene rings is 2. The molecule has 0 fully saturated rings. The number of halogens is 1. The fraction of sp³-hybridized carbons (Fsp3) is 0.190. The van der Waals surface area contributed by atoms with Gasteiger partial charge in [-0.3, -0.25) is 4.79 Å². The smallest absolute Gasteiger partial charge is 0.254 e. The molecule has 0 saturated carbocycles. The van der Waals surface area contributed by atoms with Gasteiger partial charge in [0.25, 0.3) is 5.91 Å². The minimum Gasteiger partial charge on any atom is -0.352 e. The Morgan fingerprint density at radius 3 is 2.41 bits per heavy atom. The van der Waals surface area contributed by atoms with Crippen molar-refractivity contribution in [3.8, 4) is 0 Å². The molecule has 0 spiro atoms. The van der Waals surface area contributed by atoms with E-state index >= 15 is 0 Å². The van der Waals surface area contributed by atoms with Crippen LogP contribution in [0.5, 0.6) is 0 Å². The average molecular weight is 364 g/mol. The highest BCUT2D eigenvalue weighted by Crippen LogP contribution is 2.10.